The first-order chi connectivity index (χ1) is 21.5. The fraction of sp³-hybridized carbons (Fsp3) is 0.750. The average molecular weight is 629 g/mol. The molecule has 0 unspecified atom stereocenters. The standard InChI is InChI=1S/C40H68O3S/c1-3-5-7-9-11-13-15-17-19-21-23-25-27-29-36-31-32-37-33-34-38(40(39(37)35-36)44(41,42)43)30-28-26-24-22-20-18-16-14-12-10-8-6-4-2/h31-35H,3-30H2,1-2H3,(H,41,42,43). The molecule has 4 heteroatoms. The van der Waals surface area contributed by atoms with Crippen LogP contribution in [0, 0.1) is 0 Å². The summed E-state index contributed by atoms with van der Waals surface area (Å²) < 4.78 is 35.3. The maximum atomic E-state index is 12.6. The zero-order valence-corrected chi connectivity index (χ0v) is 29.7. The van der Waals surface area contributed by atoms with Gasteiger partial charge in [-0.15, -0.1) is 0 Å². The summed E-state index contributed by atoms with van der Waals surface area (Å²) in [4.78, 5) is 0.140. The van der Waals surface area contributed by atoms with E-state index in [9.17, 15) is 13.0 Å². The second-order valence-corrected chi connectivity index (χ2v) is 14.9. The van der Waals surface area contributed by atoms with E-state index in [4.69, 9.17) is 0 Å². The van der Waals surface area contributed by atoms with Crippen molar-refractivity contribution in [1.29, 1.82) is 0 Å². The van der Waals surface area contributed by atoms with Gasteiger partial charge in [-0.2, -0.15) is 8.42 Å². The van der Waals surface area contributed by atoms with Gasteiger partial charge >= 0.3 is 0 Å². The van der Waals surface area contributed by atoms with Crippen molar-refractivity contribution in [3.63, 3.8) is 0 Å². The van der Waals surface area contributed by atoms with Gasteiger partial charge in [0.05, 0.1) is 0 Å². The van der Waals surface area contributed by atoms with Gasteiger partial charge in [-0.3, -0.25) is 4.55 Å². The minimum atomic E-state index is -4.29. The second kappa shape index (κ2) is 24.8. The molecule has 0 radical (unpaired) electrons. The lowest BCUT2D eigenvalue weighted by atomic mass is 9.98. The number of hydrogen-bond acceptors (Lipinski definition) is 2. The fourth-order valence-electron chi connectivity index (χ4n) is 6.72. The zero-order valence-electron chi connectivity index (χ0n) is 28.9. The van der Waals surface area contributed by atoms with Crippen LogP contribution in [0.5, 0.6) is 0 Å². The van der Waals surface area contributed by atoms with E-state index in [1.165, 1.54) is 153 Å². The van der Waals surface area contributed by atoms with Gasteiger partial charge in [-0.05, 0) is 48.3 Å². The van der Waals surface area contributed by atoms with Crippen LogP contribution in [0.4, 0.5) is 0 Å². The van der Waals surface area contributed by atoms with Crippen LogP contribution < -0.4 is 0 Å². The van der Waals surface area contributed by atoms with Crippen LogP contribution in [0.3, 0.4) is 0 Å². The second-order valence-electron chi connectivity index (χ2n) is 13.6. The van der Waals surface area contributed by atoms with Crippen LogP contribution in [0.25, 0.3) is 10.8 Å². The summed E-state index contributed by atoms with van der Waals surface area (Å²) in [6, 6.07) is 10.1. The van der Waals surface area contributed by atoms with Crippen molar-refractivity contribution in [2.24, 2.45) is 0 Å². The number of hydrogen-bond donors (Lipinski definition) is 1. The number of fused-ring (bicyclic) bond motifs is 1. The molecule has 0 aliphatic heterocycles. The Bertz CT molecular complexity index is 1090. The van der Waals surface area contributed by atoms with E-state index in [1.807, 2.05) is 24.3 Å². The summed E-state index contributed by atoms with van der Waals surface area (Å²) in [5, 5.41) is 1.58. The van der Waals surface area contributed by atoms with Gasteiger partial charge in [0.1, 0.15) is 4.90 Å². The van der Waals surface area contributed by atoms with E-state index in [1.54, 1.807) is 0 Å². The van der Waals surface area contributed by atoms with E-state index >= 15 is 0 Å². The maximum Gasteiger partial charge on any atom is 0.295 e. The van der Waals surface area contributed by atoms with Crippen molar-refractivity contribution in [3.05, 3.63) is 41.5 Å². The van der Waals surface area contributed by atoms with Gasteiger partial charge in [0, 0.05) is 5.39 Å². The SMILES string of the molecule is CCCCCCCCCCCCCCCc1ccc2ccc(CCCCCCCCCCCCCCC)c(S(=O)(=O)O)c2c1. The molecule has 44 heavy (non-hydrogen) atoms. The van der Waals surface area contributed by atoms with Gasteiger partial charge in [0.2, 0.25) is 0 Å². The van der Waals surface area contributed by atoms with Crippen LogP contribution >= 0.6 is 0 Å². The Balaban J connectivity index is 1.70. The third kappa shape index (κ3) is 17.3. The lowest BCUT2D eigenvalue weighted by molar-refractivity contribution is 0.482. The topological polar surface area (TPSA) is 54.4 Å². The van der Waals surface area contributed by atoms with Gasteiger partial charge in [-0.1, -0.05) is 192 Å². The predicted octanol–water partition coefficient (Wildman–Crippen LogP) is 13.4. The van der Waals surface area contributed by atoms with Crippen LogP contribution in [0.1, 0.15) is 192 Å². The number of rotatable bonds is 29. The molecular weight excluding hydrogens is 561 g/mol. The van der Waals surface area contributed by atoms with E-state index < -0.39 is 10.1 Å². The Kier molecular flexibility index (Phi) is 21.9. The van der Waals surface area contributed by atoms with Crippen molar-refractivity contribution in [2.75, 3.05) is 0 Å². The van der Waals surface area contributed by atoms with Crippen molar-refractivity contribution in [3.8, 4) is 0 Å². The Labute approximate surface area is 273 Å². The molecule has 0 amide bonds. The normalized spacial score (nSPS) is 12.0. The smallest absolute Gasteiger partial charge is 0.282 e. The van der Waals surface area contributed by atoms with Crippen LogP contribution in [-0.2, 0) is 23.0 Å². The third-order valence-electron chi connectivity index (χ3n) is 9.49. The monoisotopic (exact) mass is 628 g/mol. The van der Waals surface area contributed by atoms with Gasteiger partial charge in [-0.25, -0.2) is 0 Å². The summed E-state index contributed by atoms with van der Waals surface area (Å²) in [5.41, 5.74) is 1.93. The first-order valence-electron chi connectivity index (χ1n) is 19.0. The molecule has 0 heterocycles. The van der Waals surface area contributed by atoms with Crippen LogP contribution in [0.15, 0.2) is 35.2 Å². The molecule has 0 aromatic heterocycles. The Morgan fingerprint density at radius 1 is 0.477 bits per heavy atom. The Morgan fingerprint density at radius 2 is 0.841 bits per heavy atom. The quantitative estimate of drug-likeness (QED) is 0.0720. The average Bonchev–Trinajstić information content (AvgIpc) is 3.00. The summed E-state index contributed by atoms with van der Waals surface area (Å²) in [6.45, 7) is 4.55. The highest BCUT2D eigenvalue weighted by atomic mass is 32.2. The van der Waals surface area contributed by atoms with Gasteiger partial charge < -0.3 is 0 Å². The summed E-state index contributed by atoms with van der Waals surface area (Å²) in [5.74, 6) is 0. The number of unbranched alkanes of at least 4 members (excludes halogenated alkanes) is 24. The van der Waals surface area contributed by atoms with Crippen molar-refractivity contribution in [2.45, 2.75) is 199 Å². The molecule has 0 spiro atoms. The van der Waals surface area contributed by atoms with Gasteiger partial charge in [0.25, 0.3) is 10.1 Å². The molecule has 0 aliphatic carbocycles. The molecule has 0 saturated heterocycles. The molecular formula is C40H68O3S. The van der Waals surface area contributed by atoms with Crippen LogP contribution in [0.2, 0.25) is 0 Å². The first-order valence-corrected chi connectivity index (χ1v) is 20.4. The zero-order chi connectivity index (χ0) is 31.7. The molecule has 2 rings (SSSR count). The molecule has 1 N–H and O–H groups in total. The number of aryl methyl sites for hydroxylation is 2. The first kappa shape index (κ1) is 38.8. The summed E-state index contributed by atoms with van der Waals surface area (Å²) in [6.07, 6.45) is 35.9. The summed E-state index contributed by atoms with van der Waals surface area (Å²) >= 11 is 0. The molecule has 2 aromatic rings. The number of benzene rings is 2. The maximum absolute atomic E-state index is 12.6. The largest absolute Gasteiger partial charge is 0.295 e. The van der Waals surface area contributed by atoms with Crippen molar-refractivity contribution >= 4 is 20.9 Å². The minimum absolute atomic E-state index is 0.140. The van der Waals surface area contributed by atoms with Crippen molar-refractivity contribution in [1.82, 2.24) is 0 Å². The molecule has 2 aromatic carbocycles. The van der Waals surface area contributed by atoms with Crippen LogP contribution in [-0.4, -0.2) is 13.0 Å². The molecule has 0 atom stereocenters. The van der Waals surface area contributed by atoms with Crippen molar-refractivity contribution < 1.29 is 13.0 Å². The molecule has 3 nitrogen and oxygen atoms in total. The van der Waals surface area contributed by atoms with E-state index in [2.05, 4.69) is 19.9 Å². The van der Waals surface area contributed by atoms with E-state index in [0.29, 0.717) is 11.8 Å². The fourth-order valence-corrected chi connectivity index (χ4v) is 7.68. The highest BCUT2D eigenvalue weighted by Gasteiger charge is 2.19. The molecule has 0 bridgehead atoms. The molecule has 252 valence electrons. The minimum Gasteiger partial charge on any atom is -0.282 e. The lowest BCUT2D eigenvalue weighted by Gasteiger charge is -2.12. The molecule has 0 aliphatic rings. The Morgan fingerprint density at radius 3 is 1.25 bits per heavy atom. The Hall–Kier alpha value is -1.39. The molecule has 0 fully saturated rings. The van der Waals surface area contributed by atoms with E-state index in [0.717, 1.165) is 36.6 Å². The highest BCUT2D eigenvalue weighted by molar-refractivity contribution is 7.86. The summed E-state index contributed by atoms with van der Waals surface area (Å²) in [7, 11) is -4.29. The van der Waals surface area contributed by atoms with E-state index in [-0.39, 0.29) is 4.90 Å². The third-order valence-corrected chi connectivity index (χ3v) is 10.5. The molecule has 0 saturated carbocycles. The highest BCUT2D eigenvalue weighted by Crippen LogP contribution is 2.30. The predicted molar refractivity (Wildman–Crippen MR) is 193 cm³/mol. The van der Waals surface area contributed by atoms with Gasteiger partial charge in [0.15, 0.2) is 0 Å². The lowest BCUT2D eigenvalue weighted by Crippen LogP contribution is -2.05.